The quantitative estimate of drug-likeness (QED) is 0.759. The summed E-state index contributed by atoms with van der Waals surface area (Å²) in [6, 6.07) is 0. The van der Waals surface area contributed by atoms with Gasteiger partial charge in [0.1, 0.15) is 0 Å². The predicted molar refractivity (Wildman–Crippen MR) is 62.8 cm³/mol. The molecule has 1 unspecified atom stereocenters. The van der Waals surface area contributed by atoms with Crippen LogP contribution in [0.1, 0.15) is 57.8 Å². The average Bonchev–Trinajstić information content (AvgIpc) is 2.89. The van der Waals surface area contributed by atoms with E-state index in [0.717, 1.165) is 13.2 Å². The van der Waals surface area contributed by atoms with Gasteiger partial charge < -0.3 is 10.5 Å². The highest BCUT2D eigenvalue weighted by molar-refractivity contribution is 4.85. The molecule has 0 spiro atoms. The van der Waals surface area contributed by atoms with Gasteiger partial charge in [0.2, 0.25) is 0 Å². The first-order valence-corrected chi connectivity index (χ1v) is 6.66. The monoisotopic (exact) mass is 211 g/mol. The molecule has 1 aliphatic carbocycles. The maximum absolute atomic E-state index is 5.93. The molecule has 2 fully saturated rings. The Kier molecular flexibility index (Phi) is 4.04. The zero-order valence-electron chi connectivity index (χ0n) is 9.84. The maximum Gasteiger partial charge on any atom is 0.0576 e. The van der Waals surface area contributed by atoms with E-state index in [1.54, 1.807) is 0 Å². The second-order valence-electron chi connectivity index (χ2n) is 5.44. The van der Waals surface area contributed by atoms with Crippen LogP contribution in [-0.4, -0.2) is 19.3 Å². The topological polar surface area (TPSA) is 35.2 Å². The number of ether oxygens (including phenoxy) is 1. The van der Waals surface area contributed by atoms with Gasteiger partial charge in [0.25, 0.3) is 0 Å². The molecule has 15 heavy (non-hydrogen) atoms. The van der Waals surface area contributed by atoms with Crippen LogP contribution in [0.2, 0.25) is 0 Å². The number of hydrogen-bond acceptors (Lipinski definition) is 2. The molecule has 2 heteroatoms. The molecule has 0 aromatic heterocycles. The van der Waals surface area contributed by atoms with Crippen molar-refractivity contribution in [3.8, 4) is 0 Å². The zero-order chi connectivity index (χ0) is 10.6. The van der Waals surface area contributed by atoms with Gasteiger partial charge in [-0.25, -0.2) is 0 Å². The van der Waals surface area contributed by atoms with Crippen LogP contribution in [0.15, 0.2) is 0 Å². The van der Waals surface area contributed by atoms with Crippen LogP contribution < -0.4 is 5.73 Å². The van der Waals surface area contributed by atoms with Crippen LogP contribution >= 0.6 is 0 Å². The molecule has 2 rings (SSSR count). The molecule has 0 aromatic carbocycles. The minimum atomic E-state index is 0.513. The predicted octanol–water partition coefficient (Wildman–Crippen LogP) is 2.85. The minimum absolute atomic E-state index is 0.513. The zero-order valence-corrected chi connectivity index (χ0v) is 9.84. The third-order valence-corrected chi connectivity index (χ3v) is 4.35. The summed E-state index contributed by atoms with van der Waals surface area (Å²) in [5.74, 6) is 0. The molecular weight excluding hydrogens is 186 g/mol. The van der Waals surface area contributed by atoms with E-state index < -0.39 is 0 Å². The Morgan fingerprint density at radius 2 is 2.00 bits per heavy atom. The van der Waals surface area contributed by atoms with Crippen molar-refractivity contribution in [2.24, 2.45) is 11.1 Å². The minimum Gasteiger partial charge on any atom is -0.378 e. The number of hydrogen-bond donors (Lipinski definition) is 1. The van der Waals surface area contributed by atoms with Crippen molar-refractivity contribution in [2.75, 3.05) is 13.2 Å². The van der Waals surface area contributed by atoms with Crippen molar-refractivity contribution in [1.29, 1.82) is 0 Å². The van der Waals surface area contributed by atoms with Crippen molar-refractivity contribution in [3.05, 3.63) is 0 Å². The van der Waals surface area contributed by atoms with Gasteiger partial charge in [-0.05, 0) is 50.5 Å². The lowest BCUT2D eigenvalue weighted by Crippen LogP contribution is -2.27. The molecule has 1 aliphatic heterocycles. The van der Waals surface area contributed by atoms with Gasteiger partial charge in [-0.15, -0.1) is 0 Å². The van der Waals surface area contributed by atoms with Gasteiger partial charge in [-0.3, -0.25) is 0 Å². The van der Waals surface area contributed by atoms with Crippen LogP contribution in [0.25, 0.3) is 0 Å². The fraction of sp³-hybridized carbons (Fsp3) is 1.00. The molecule has 1 heterocycles. The van der Waals surface area contributed by atoms with E-state index in [0.29, 0.717) is 11.5 Å². The van der Waals surface area contributed by atoms with Crippen molar-refractivity contribution < 1.29 is 4.74 Å². The van der Waals surface area contributed by atoms with Crippen LogP contribution in [0.5, 0.6) is 0 Å². The van der Waals surface area contributed by atoms with Gasteiger partial charge in [-0.1, -0.05) is 19.3 Å². The molecule has 1 saturated heterocycles. The molecule has 88 valence electrons. The van der Waals surface area contributed by atoms with E-state index >= 15 is 0 Å². The second-order valence-corrected chi connectivity index (χ2v) is 5.44. The highest BCUT2D eigenvalue weighted by Gasteiger charge is 2.32. The standard InChI is InChI=1S/C13H25NO/c14-11-13(7-1-2-8-13)9-3-5-12-6-4-10-15-12/h12H,1-11,14H2. The first kappa shape index (κ1) is 11.4. The molecule has 2 nitrogen and oxygen atoms in total. The third-order valence-electron chi connectivity index (χ3n) is 4.35. The lowest BCUT2D eigenvalue weighted by atomic mass is 9.81. The highest BCUT2D eigenvalue weighted by Crippen LogP contribution is 2.41. The number of nitrogens with two attached hydrogens (primary N) is 1. The molecular formula is C13H25NO. The van der Waals surface area contributed by atoms with E-state index in [1.165, 1.54) is 57.8 Å². The Hall–Kier alpha value is -0.0800. The largest absolute Gasteiger partial charge is 0.378 e. The summed E-state index contributed by atoms with van der Waals surface area (Å²) < 4.78 is 5.65. The smallest absolute Gasteiger partial charge is 0.0576 e. The van der Waals surface area contributed by atoms with E-state index in [-0.39, 0.29) is 0 Å². The van der Waals surface area contributed by atoms with E-state index in [1.807, 2.05) is 0 Å². The van der Waals surface area contributed by atoms with Crippen LogP contribution in [0, 0.1) is 5.41 Å². The van der Waals surface area contributed by atoms with Gasteiger partial charge in [0, 0.05) is 6.61 Å². The Labute approximate surface area is 93.6 Å². The molecule has 0 amide bonds. The molecule has 0 radical (unpaired) electrons. The van der Waals surface area contributed by atoms with E-state index in [4.69, 9.17) is 10.5 Å². The van der Waals surface area contributed by atoms with Crippen molar-refractivity contribution in [2.45, 2.75) is 63.9 Å². The molecule has 0 bridgehead atoms. The average molecular weight is 211 g/mol. The van der Waals surface area contributed by atoms with E-state index in [2.05, 4.69) is 0 Å². The Morgan fingerprint density at radius 3 is 2.60 bits per heavy atom. The fourth-order valence-corrected chi connectivity index (χ4v) is 3.26. The van der Waals surface area contributed by atoms with Gasteiger partial charge >= 0.3 is 0 Å². The van der Waals surface area contributed by atoms with Crippen LogP contribution in [0.3, 0.4) is 0 Å². The Balaban J connectivity index is 1.67. The molecule has 1 saturated carbocycles. The summed E-state index contributed by atoms with van der Waals surface area (Å²) in [4.78, 5) is 0. The van der Waals surface area contributed by atoms with Crippen molar-refractivity contribution in [3.63, 3.8) is 0 Å². The highest BCUT2D eigenvalue weighted by atomic mass is 16.5. The summed E-state index contributed by atoms with van der Waals surface area (Å²) in [6.07, 6.45) is 12.6. The molecule has 2 aliphatic rings. The van der Waals surface area contributed by atoms with Gasteiger partial charge in [0.05, 0.1) is 6.10 Å². The second kappa shape index (κ2) is 5.31. The Morgan fingerprint density at radius 1 is 1.20 bits per heavy atom. The first-order valence-electron chi connectivity index (χ1n) is 6.66. The lowest BCUT2D eigenvalue weighted by Gasteiger charge is -2.27. The summed E-state index contributed by atoms with van der Waals surface area (Å²) in [6.45, 7) is 1.89. The normalized spacial score (nSPS) is 29.8. The van der Waals surface area contributed by atoms with Crippen molar-refractivity contribution >= 4 is 0 Å². The summed E-state index contributed by atoms with van der Waals surface area (Å²) in [7, 11) is 0. The van der Waals surface area contributed by atoms with Crippen LogP contribution in [0.4, 0.5) is 0 Å². The first-order chi connectivity index (χ1) is 7.35. The lowest BCUT2D eigenvalue weighted by molar-refractivity contribution is 0.0977. The fourth-order valence-electron chi connectivity index (χ4n) is 3.26. The summed E-state index contributed by atoms with van der Waals surface area (Å²) >= 11 is 0. The van der Waals surface area contributed by atoms with Crippen LogP contribution in [-0.2, 0) is 4.74 Å². The third kappa shape index (κ3) is 2.94. The van der Waals surface area contributed by atoms with Crippen molar-refractivity contribution in [1.82, 2.24) is 0 Å². The summed E-state index contributed by atoms with van der Waals surface area (Å²) in [5, 5.41) is 0. The molecule has 2 N–H and O–H groups in total. The summed E-state index contributed by atoms with van der Waals surface area (Å²) in [5.41, 5.74) is 6.44. The van der Waals surface area contributed by atoms with Gasteiger partial charge in [-0.2, -0.15) is 0 Å². The van der Waals surface area contributed by atoms with E-state index in [9.17, 15) is 0 Å². The van der Waals surface area contributed by atoms with Gasteiger partial charge in [0.15, 0.2) is 0 Å². The molecule has 1 atom stereocenters. The molecule has 0 aromatic rings. The SMILES string of the molecule is NCC1(CCCC2CCCO2)CCCC1. The number of rotatable bonds is 5. The Bertz CT molecular complexity index is 181. The maximum atomic E-state index is 5.93.